The lowest BCUT2D eigenvalue weighted by Gasteiger charge is -2.36. The van der Waals surface area contributed by atoms with Gasteiger partial charge < -0.3 is 15.0 Å². The first-order valence-corrected chi connectivity index (χ1v) is 7.08. The zero-order valence-electron chi connectivity index (χ0n) is 11.6. The quantitative estimate of drug-likeness (QED) is 0.750. The van der Waals surface area contributed by atoms with Crippen LogP contribution in [0.1, 0.15) is 25.7 Å². The Morgan fingerprint density at radius 3 is 2.74 bits per heavy atom. The van der Waals surface area contributed by atoms with Crippen molar-refractivity contribution in [2.24, 2.45) is 0 Å². The van der Waals surface area contributed by atoms with Gasteiger partial charge in [-0.15, -0.1) is 0 Å². The third-order valence-electron chi connectivity index (χ3n) is 3.85. The lowest BCUT2D eigenvalue weighted by molar-refractivity contribution is -0.137. The molecule has 6 nitrogen and oxygen atoms in total. The molecule has 0 saturated carbocycles. The van der Waals surface area contributed by atoms with Crippen molar-refractivity contribution in [3.8, 4) is 0 Å². The van der Waals surface area contributed by atoms with Crippen LogP contribution in [0.15, 0.2) is 0 Å². The van der Waals surface area contributed by atoms with Gasteiger partial charge in [0.05, 0.1) is 7.11 Å². The fourth-order valence-electron chi connectivity index (χ4n) is 2.80. The van der Waals surface area contributed by atoms with E-state index < -0.39 is 0 Å². The third kappa shape index (κ3) is 3.37. The number of amides is 2. The van der Waals surface area contributed by atoms with Crippen molar-refractivity contribution >= 4 is 12.0 Å². The van der Waals surface area contributed by atoms with Crippen LogP contribution >= 0.6 is 0 Å². The third-order valence-corrected chi connectivity index (χ3v) is 3.85. The van der Waals surface area contributed by atoms with Crippen molar-refractivity contribution in [2.45, 2.75) is 31.7 Å². The van der Waals surface area contributed by atoms with E-state index in [9.17, 15) is 9.59 Å². The average molecular weight is 269 g/mol. The molecule has 19 heavy (non-hydrogen) atoms. The van der Waals surface area contributed by atoms with Crippen molar-refractivity contribution in [3.63, 3.8) is 0 Å². The molecule has 0 aromatic heterocycles. The molecule has 0 aliphatic carbocycles. The van der Waals surface area contributed by atoms with Crippen LogP contribution in [0.4, 0.5) is 4.79 Å². The van der Waals surface area contributed by atoms with Crippen molar-refractivity contribution in [1.29, 1.82) is 0 Å². The second-order valence-electron chi connectivity index (χ2n) is 5.10. The van der Waals surface area contributed by atoms with Crippen molar-refractivity contribution in [2.75, 3.05) is 39.8 Å². The van der Waals surface area contributed by atoms with Crippen LogP contribution in [0.5, 0.6) is 0 Å². The predicted molar refractivity (Wildman–Crippen MR) is 70.8 cm³/mol. The van der Waals surface area contributed by atoms with Gasteiger partial charge in [-0.2, -0.15) is 0 Å². The molecule has 0 bridgehead atoms. The number of hydrogen-bond acceptors (Lipinski definition) is 4. The van der Waals surface area contributed by atoms with Crippen LogP contribution in [0.3, 0.4) is 0 Å². The summed E-state index contributed by atoms with van der Waals surface area (Å²) in [5.41, 5.74) is 0. The van der Waals surface area contributed by atoms with Crippen LogP contribution in [0.2, 0.25) is 0 Å². The minimum Gasteiger partial charge on any atom is -0.453 e. The van der Waals surface area contributed by atoms with Crippen LogP contribution in [-0.4, -0.2) is 67.7 Å². The minimum absolute atomic E-state index is 0.0776. The van der Waals surface area contributed by atoms with Gasteiger partial charge in [-0.3, -0.25) is 9.69 Å². The Labute approximate surface area is 114 Å². The number of piperidine rings is 1. The normalized spacial score (nSPS) is 24.8. The molecule has 2 aliphatic heterocycles. The van der Waals surface area contributed by atoms with Gasteiger partial charge in [0.15, 0.2) is 0 Å². The zero-order valence-corrected chi connectivity index (χ0v) is 11.6. The molecule has 1 unspecified atom stereocenters. The maximum atomic E-state index is 12.6. The highest BCUT2D eigenvalue weighted by Crippen LogP contribution is 2.20. The van der Waals surface area contributed by atoms with E-state index in [2.05, 4.69) is 5.32 Å². The zero-order chi connectivity index (χ0) is 13.7. The van der Waals surface area contributed by atoms with Gasteiger partial charge in [-0.05, 0) is 32.2 Å². The topological polar surface area (TPSA) is 61.9 Å². The number of likely N-dealkylation sites (tertiary alicyclic amines) is 1. The molecule has 0 radical (unpaired) electrons. The smallest absolute Gasteiger partial charge is 0.410 e. The number of nitrogens with zero attached hydrogens (tertiary/aromatic N) is 2. The lowest BCUT2D eigenvalue weighted by atomic mass is 10.0. The second kappa shape index (κ2) is 6.75. The number of rotatable bonds is 1. The van der Waals surface area contributed by atoms with E-state index in [-0.39, 0.29) is 18.0 Å². The molecule has 0 spiro atoms. The Bertz CT molecular complexity index is 327. The Morgan fingerprint density at radius 1 is 1.11 bits per heavy atom. The summed E-state index contributed by atoms with van der Waals surface area (Å²) in [6, 6.07) is -0.334. The van der Waals surface area contributed by atoms with E-state index in [0.29, 0.717) is 6.54 Å². The summed E-state index contributed by atoms with van der Waals surface area (Å²) in [7, 11) is 1.37. The molecule has 1 atom stereocenters. The fourth-order valence-corrected chi connectivity index (χ4v) is 2.80. The highest BCUT2D eigenvalue weighted by Gasteiger charge is 2.35. The SMILES string of the molecule is COC(=O)N1CCCCC1C(=O)N1CCCNCC1. The molecule has 0 aromatic carbocycles. The van der Waals surface area contributed by atoms with Gasteiger partial charge in [0.25, 0.3) is 0 Å². The molecule has 0 aromatic rings. The largest absolute Gasteiger partial charge is 0.453 e. The maximum absolute atomic E-state index is 12.6. The Kier molecular flexibility index (Phi) is 5.01. The first-order chi connectivity index (χ1) is 9.24. The van der Waals surface area contributed by atoms with E-state index in [1.807, 2.05) is 4.90 Å². The maximum Gasteiger partial charge on any atom is 0.410 e. The minimum atomic E-state index is -0.383. The first-order valence-electron chi connectivity index (χ1n) is 7.08. The molecule has 2 heterocycles. The van der Waals surface area contributed by atoms with Crippen LogP contribution in [-0.2, 0) is 9.53 Å². The van der Waals surface area contributed by atoms with Crippen molar-refractivity contribution in [1.82, 2.24) is 15.1 Å². The first kappa shape index (κ1) is 14.1. The molecule has 2 fully saturated rings. The van der Waals surface area contributed by atoms with Crippen LogP contribution < -0.4 is 5.32 Å². The van der Waals surface area contributed by atoms with E-state index in [4.69, 9.17) is 4.74 Å². The monoisotopic (exact) mass is 269 g/mol. The second-order valence-corrected chi connectivity index (χ2v) is 5.10. The number of ether oxygens (including phenoxy) is 1. The van der Waals surface area contributed by atoms with Crippen LogP contribution in [0.25, 0.3) is 0 Å². The molecular formula is C13H23N3O3. The Hall–Kier alpha value is -1.30. The Morgan fingerprint density at radius 2 is 1.95 bits per heavy atom. The summed E-state index contributed by atoms with van der Waals surface area (Å²) in [5.74, 6) is 0.0776. The van der Waals surface area contributed by atoms with Gasteiger partial charge in [0.1, 0.15) is 6.04 Å². The van der Waals surface area contributed by atoms with E-state index >= 15 is 0 Å². The molecule has 2 saturated heterocycles. The van der Waals surface area contributed by atoms with E-state index in [1.54, 1.807) is 4.90 Å². The number of carbonyl (C=O) groups excluding carboxylic acids is 2. The van der Waals surface area contributed by atoms with Gasteiger partial charge in [0, 0.05) is 26.2 Å². The fraction of sp³-hybridized carbons (Fsp3) is 0.846. The summed E-state index contributed by atoms with van der Waals surface area (Å²) < 4.78 is 4.79. The van der Waals surface area contributed by atoms with Crippen LogP contribution in [0, 0.1) is 0 Å². The molecule has 6 heteroatoms. The standard InChI is InChI=1S/C13H23N3O3/c1-19-13(18)16-9-3-2-5-11(16)12(17)15-8-4-6-14-7-10-15/h11,14H,2-10H2,1H3. The average Bonchev–Trinajstić information content (AvgIpc) is 2.74. The number of hydrogen-bond donors (Lipinski definition) is 1. The highest BCUT2D eigenvalue weighted by atomic mass is 16.5. The van der Waals surface area contributed by atoms with Gasteiger partial charge in [-0.25, -0.2) is 4.79 Å². The number of nitrogens with one attached hydrogen (secondary N) is 1. The number of methoxy groups -OCH3 is 1. The molecule has 1 N–H and O–H groups in total. The number of carbonyl (C=O) groups is 2. The van der Waals surface area contributed by atoms with Gasteiger partial charge in [-0.1, -0.05) is 0 Å². The van der Waals surface area contributed by atoms with Gasteiger partial charge in [0.2, 0.25) is 5.91 Å². The van der Waals surface area contributed by atoms with Crippen molar-refractivity contribution in [3.05, 3.63) is 0 Å². The summed E-state index contributed by atoms with van der Waals surface area (Å²) in [6.07, 6.45) is 3.27. The molecule has 108 valence electrons. The van der Waals surface area contributed by atoms with Crippen molar-refractivity contribution < 1.29 is 14.3 Å². The highest BCUT2D eigenvalue weighted by molar-refractivity contribution is 5.86. The molecule has 2 amide bonds. The summed E-state index contributed by atoms with van der Waals surface area (Å²) in [4.78, 5) is 27.8. The van der Waals surface area contributed by atoms with E-state index in [1.165, 1.54) is 7.11 Å². The summed E-state index contributed by atoms with van der Waals surface area (Å²) in [5, 5.41) is 3.28. The lowest BCUT2D eigenvalue weighted by Crippen LogP contribution is -2.53. The van der Waals surface area contributed by atoms with E-state index in [0.717, 1.165) is 51.9 Å². The molecule has 2 rings (SSSR count). The predicted octanol–water partition coefficient (Wildman–Crippen LogP) is 0.429. The van der Waals surface area contributed by atoms with Gasteiger partial charge >= 0.3 is 6.09 Å². The summed E-state index contributed by atoms with van der Waals surface area (Å²) in [6.45, 7) is 3.91. The summed E-state index contributed by atoms with van der Waals surface area (Å²) >= 11 is 0. The molecule has 2 aliphatic rings. The molecular weight excluding hydrogens is 246 g/mol. The Balaban J connectivity index is 2.03.